The maximum Gasteiger partial charge on any atom is 0.295 e. The molecular formula is C24H23N7O4. The van der Waals surface area contributed by atoms with E-state index < -0.39 is 11.7 Å². The number of aryl methyl sites for hydroxylation is 1. The Labute approximate surface area is 200 Å². The molecule has 0 radical (unpaired) electrons. The zero-order valence-electron chi connectivity index (χ0n) is 19.4. The number of aromatic amines is 1. The quantitative estimate of drug-likeness (QED) is 0.333. The number of rotatable bonds is 6. The summed E-state index contributed by atoms with van der Waals surface area (Å²) in [4.78, 5) is 53.5. The fourth-order valence-electron chi connectivity index (χ4n) is 4.13. The maximum absolute atomic E-state index is 13.3. The number of methoxy groups -OCH3 is 1. The van der Waals surface area contributed by atoms with E-state index in [1.165, 1.54) is 35.4 Å². The molecule has 0 spiro atoms. The number of nitrogens with zero attached hydrogens (tertiary/aromatic N) is 6. The van der Waals surface area contributed by atoms with Crippen LogP contribution in [0.1, 0.15) is 26.5 Å². The minimum absolute atomic E-state index is 0.0984. The third-order valence-corrected chi connectivity index (χ3v) is 6.17. The van der Waals surface area contributed by atoms with Crippen molar-refractivity contribution >= 4 is 28.5 Å². The number of carbonyl (C=O) groups is 3. The van der Waals surface area contributed by atoms with Crippen molar-refractivity contribution in [3.63, 3.8) is 0 Å². The number of nitrogens with one attached hydrogen (secondary N) is 1. The monoisotopic (exact) mass is 473 g/mol. The van der Waals surface area contributed by atoms with Gasteiger partial charge in [0, 0.05) is 31.9 Å². The Morgan fingerprint density at radius 2 is 1.89 bits per heavy atom. The van der Waals surface area contributed by atoms with Crippen LogP contribution in [0.5, 0.6) is 5.75 Å². The summed E-state index contributed by atoms with van der Waals surface area (Å²) >= 11 is 0. The lowest BCUT2D eigenvalue weighted by Gasteiger charge is -2.43. The molecule has 1 aliphatic heterocycles. The van der Waals surface area contributed by atoms with Crippen molar-refractivity contribution in [2.24, 2.45) is 0 Å². The lowest BCUT2D eigenvalue weighted by Crippen LogP contribution is -2.62. The van der Waals surface area contributed by atoms with Crippen molar-refractivity contribution in [3.05, 3.63) is 66.0 Å². The van der Waals surface area contributed by atoms with Crippen molar-refractivity contribution < 1.29 is 19.1 Å². The zero-order chi connectivity index (χ0) is 24.7. The van der Waals surface area contributed by atoms with Gasteiger partial charge < -0.3 is 19.5 Å². The molecule has 1 fully saturated rings. The van der Waals surface area contributed by atoms with Crippen molar-refractivity contribution in [2.45, 2.75) is 13.0 Å². The summed E-state index contributed by atoms with van der Waals surface area (Å²) in [5, 5.41) is 4.72. The highest BCUT2D eigenvalue weighted by Crippen LogP contribution is 2.32. The van der Waals surface area contributed by atoms with Gasteiger partial charge in [-0.2, -0.15) is 5.10 Å². The molecule has 1 aliphatic rings. The van der Waals surface area contributed by atoms with Gasteiger partial charge in [-0.15, -0.1) is 0 Å². The molecule has 0 aliphatic carbocycles. The number of ketones is 1. The van der Waals surface area contributed by atoms with E-state index in [1.807, 2.05) is 6.07 Å². The summed E-state index contributed by atoms with van der Waals surface area (Å²) in [6, 6.07) is 8.71. The van der Waals surface area contributed by atoms with Crippen molar-refractivity contribution in [1.29, 1.82) is 0 Å². The van der Waals surface area contributed by atoms with E-state index in [0.717, 1.165) is 0 Å². The van der Waals surface area contributed by atoms with Crippen molar-refractivity contribution in [2.75, 3.05) is 27.2 Å². The van der Waals surface area contributed by atoms with Gasteiger partial charge in [0.05, 0.1) is 35.8 Å². The van der Waals surface area contributed by atoms with Gasteiger partial charge in [-0.3, -0.25) is 14.4 Å². The first-order chi connectivity index (χ1) is 16.9. The van der Waals surface area contributed by atoms with Crippen LogP contribution in [-0.2, 0) is 4.79 Å². The summed E-state index contributed by atoms with van der Waals surface area (Å²) in [6.07, 6.45) is 4.47. The number of carbonyl (C=O) groups excluding carboxylic acids is 3. The normalized spacial score (nSPS) is 13.5. The third-order valence-electron chi connectivity index (χ3n) is 6.17. The number of hydrogen-bond donors (Lipinski definition) is 1. The molecule has 35 heavy (non-hydrogen) atoms. The number of likely N-dealkylation sites (tertiary alicyclic amines) is 1. The number of H-pyrrole nitrogens is 1. The number of benzene rings is 1. The molecule has 178 valence electrons. The molecule has 1 aromatic carbocycles. The minimum atomic E-state index is -0.684. The van der Waals surface area contributed by atoms with Crippen LogP contribution >= 0.6 is 0 Å². The van der Waals surface area contributed by atoms with Gasteiger partial charge in [-0.25, -0.2) is 14.6 Å². The Morgan fingerprint density at radius 3 is 2.54 bits per heavy atom. The van der Waals surface area contributed by atoms with E-state index in [-0.39, 0.29) is 17.5 Å². The Bertz CT molecular complexity index is 1440. The number of pyridine rings is 1. The van der Waals surface area contributed by atoms with Gasteiger partial charge in [-0.1, -0.05) is 18.2 Å². The summed E-state index contributed by atoms with van der Waals surface area (Å²) in [7, 11) is 3.05. The molecule has 4 heterocycles. The van der Waals surface area contributed by atoms with Gasteiger partial charge in [0.15, 0.2) is 5.82 Å². The average molecular weight is 473 g/mol. The molecule has 0 saturated carbocycles. The maximum atomic E-state index is 13.3. The SMILES string of the molecule is COc1cnc(-n2cnc(C)n2)c2[nH]cc(C(=O)C(=O)N(C)C3CN(C(=O)c4ccccc4)C3)c12. The van der Waals surface area contributed by atoms with Crippen LogP contribution in [0.3, 0.4) is 0 Å². The molecule has 0 atom stereocenters. The largest absolute Gasteiger partial charge is 0.494 e. The van der Waals surface area contributed by atoms with Gasteiger partial charge in [0.1, 0.15) is 17.9 Å². The summed E-state index contributed by atoms with van der Waals surface area (Å²) in [5.41, 5.74) is 1.26. The Balaban J connectivity index is 1.36. The number of aromatic nitrogens is 5. The molecule has 3 aromatic heterocycles. The van der Waals surface area contributed by atoms with E-state index in [1.54, 1.807) is 43.1 Å². The average Bonchev–Trinajstić information content (AvgIpc) is 3.48. The predicted octanol–water partition coefficient (Wildman–Crippen LogP) is 1.63. The fraction of sp³-hybridized carbons (Fsp3) is 0.250. The van der Waals surface area contributed by atoms with E-state index in [9.17, 15) is 14.4 Å². The topological polar surface area (TPSA) is 126 Å². The molecule has 5 rings (SSSR count). The molecule has 0 unspecified atom stereocenters. The lowest BCUT2D eigenvalue weighted by molar-refractivity contribution is -0.129. The minimum Gasteiger partial charge on any atom is -0.494 e. The first kappa shape index (κ1) is 22.3. The summed E-state index contributed by atoms with van der Waals surface area (Å²) < 4.78 is 6.91. The first-order valence-electron chi connectivity index (χ1n) is 11.0. The number of ether oxygens (including phenoxy) is 1. The second kappa shape index (κ2) is 8.67. The highest BCUT2D eigenvalue weighted by atomic mass is 16.5. The van der Waals surface area contributed by atoms with Crippen LogP contribution in [0.2, 0.25) is 0 Å². The first-order valence-corrected chi connectivity index (χ1v) is 11.0. The van der Waals surface area contributed by atoms with E-state index in [4.69, 9.17) is 4.74 Å². The van der Waals surface area contributed by atoms with Crippen LogP contribution < -0.4 is 4.74 Å². The molecule has 11 nitrogen and oxygen atoms in total. The Hall–Kier alpha value is -4.54. The second-order valence-corrected chi connectivity index (χ2v) is 8.31. The second-order valence-electron chi connectivity index (χ2n) is 8.31. The van der Waals surface area contributed by atoms with Crippen LogP contribution in [0, 0.1) is 6.92 Å². The van der Waals surface area contributed by atoms with Gasteiger partial charge in [0.2, 0.25) is 0 Å². The van der Waals surface area contributed by atoms with Crippen molar-refractivity contribution in [1.82, 2.24) is 34.5 Å². The highest BCUT2D eigenvalue weighted by molar-refractivity contribution is 6.45. The van der Waals surface area contributed by atoms with Gasteiger partial charge in [0.25, 0.3) is 17.6 Å². The Morgan fingerprint density at radius 1 is 1.14 bits per heavy atom. The predicted molar refractivity (Wildman–Crippen MR) is 126 cm³/mol. The third kappa shape index (κ3) is 3.80. The van der Waals surface area contributed by atoms with Gasteiger partial charge in [-0.05, 0) is 19.1 Å². The molecule has 1 N–H and O–H groups in total. The number of Topliss-reactive ketones (excluding diaryl/α,β-unsaturated/α-hetero) is 1. The van der Waals surface area contributed by atoms with Crippen LogP contribution in [0.4, 0.5) is 0 Å². The number of amides is 2. The lowest BCUT2D eigenvalue weighted by atomic mass is 10.0. The molecule has 11 heteroatoms. The fourth-order valence-corrected chi connectivity index (χ4v) is 4.13. The standard InChI is InChI=1S/C24H23N7O4/c1-14-27-13-31(28-14)22-20-19(18(35-3)10-26-22)17(9-25-20)21(32)24(34)29(2)16-11-30(12-16)23(33)15-7-5-4-6-8-15/h4-10,13,16,25H,11-12H2,1-3H3. The molecule has 1 saturated heterocycles. The number of hydrogen-bond acceptors (Lipinski definition) is 7. The van der Waals surface area contributed by atoms with Crippen LogP contribution in [0.25, 0.3) is 16.7 Å². The van der Waals surface area contributed by atoms with Gasteiger partial charge >= 0.3 is 0 Å². The molecule has 2 amide bonds. The van der Waals surface area contributed by atoms with Crippen molar-refractivity contribution in [3.8, 4) is 11.6 Å². The molecule has 4 aromatic rings. The smallest absolute Gasteiger partial charge is 0.295 e. The summed E-state index contributed by atoms with van der Waals surface area (Å²) in [6.45, 7) is 2.48. The molecular weight excluding hydrogens is 450 g/mol. The highest BCUT2D eigenvalue weighted by Gasteiger charge is 2.38. The van der Waals surface area contributed by atoms with E-state index in [2.05, 4.69) is 20.1 Å². The Kier molecular flexibility index (Phi) is 5.51. The van der Waals surface area contributed by atoms with Crippen LogP contribution in [-0.4, -0.2) is 85.4 Å². The van der Waals surface area contributed by atoms with E-state index >= 15 is 0 Å². The summed E-state index contributed by atoms with van der Waals surface area (Å²) in [5.74, 6) is -0.106. The number of likely N-dealkylation sites (N-methyl/N-ethyl adjacent to an activating group) is 1. The van der Waals surface area contributed by atoms with E-state index in [0.29, 0.717) is 46.9 Å². The van der Waals surface area contributed by atoms with Crippen LogP contribution in [0.15, 0.2) is 49.1 Å². The zero-order valence-corrected chi connectivity index (χ0v) is 19.4. The molecule has 0 bridgehead atoms. The number of fused-ring (bicyclic) bond motifs is 1.